The summed E-state index contributed by atoms with van der Waals surface area (Å²) in [5.41, 5.74) is 0. The summed E-state index contributed by atoms with van der Waals surface area (Å²) in [6, 6.07) is -2.25. The van der Waals surface area contributed by atoms with Crippen LogP contribution in [-0.4, -0.2) is 71.5 Å². The summed E-state index contributed by atoms with van der Waals surface area (Å²) in [6.07, 6.45) is 1.59. The molecule has 5 N–H and O–H groups in total. The predicted octanol–water partition coefficient (Wildman–Crippen LogP) is -2.23. The lowest BCUT2D eigenvalue weighted by Gasteiger charge is -2.22. The minimum atomic E-state index is -1.20. The van der Waals surface area contributed by atoms with Crippen molar-refractivity contribution in [1.29, 1.82) is 0 Å². The number of thiol groups is 2. The number of aliphatic carboxylic acids is 1. The van der Waals surface area contributed by atoms with Crippen LogP contribution in [0, 0.1) is 0 Å². The van der Waals surface area contributed by atoms with E-state index in [9.17, 15) is 19.2 Å². The van der Waals surface area contributed by atoms with Crippen LogP contribution >= 0.6 is 25.3 Å². The van der Waals surface area contributed by atoms with Crippen molar-refractivity contribution < 1.29 is 24.3 Å². The van der Waals surface area contributed by atoms with Crippen LogP contribution in [0.5, 0.6) is 0 Å². The number of carboxylic acid groups (broad SMARTS) is 1. The number of rotatable bonds is 9. The van der Waals surface area contributed by atoms with Gasteiger partial charge >= 0.3 is 5.97 Å². The fraction of sp³-hybridized carbons (Fsp3) is 0.692. The molecule has 1 aliphatic heterocycles. The molecular formula is C13H22N4O5S2. The molecule has 3 atom stereocenters. The summed E-state index contributed by atoms with van der Waals surface area (Å²) >= 11 is 8.02. The molecule has 0 radical (unpaired) electrons. The first-order valence-electron chi connectivity index (χ1n) is 7.44. The third-order valence-electron chi connectivity index (χ3n) is 3.42. The molecule has 0 spiro atoms. The molecule has 1 aliphatic rings. The van der Waals surface area contributed by atoms with E-state index in [1.807, 2.05) is 0 Å². The van der Waals surface area contributed by atoms with Crippen molar-refractivity contribution in [3.63, 3.8) is 0 Å². The van der Waals surface area contributed by atoms with Gasteiger partial charge in [0, 0.05) is 11.5 Å². The first-order valence-corrected chi connectivity index (χ1v) is 8.70. The molecule has 11 heteroatoms. The highest BCUT2D eigenvalue weighted by Crippen LogP contribution is 2.05. The standard InChI is InChI=1S/C13H22N4O5S2/c18-10(19)4-15-11(20)8(5-23)16-13(22)9(6-24)17-12(21)7-2-1-3-14-7/h7-9,14,23-24H,1-6H2,(H,15,20)(H,16,22)(H,17,21)(H,18,19). The second kappa shape index (κ2) is 10.4. The zero-order valence-corrected chi connectivity index (χ0v) is 14.7. The van der Waals surface area contributed by atoms with Gasteiger partial charge in [-0.05, 0) is 19.4 Å². The molecule has 1 heterocycles. The van der Waals surface area contributed by atoms with Crippen LogP contribution in [0.15, 0.2) is 0 Å². The molecule has 0 aliphatic carbocycles. The van der Waals surface area contributed by atoms with Gasteiger partial charge in [0.15, 0.2) is 0 Å². The summed E-state index contributed by atoms with van der Waals surface area (Å²) in [6.45, 7) is 0.195. The molecule has 0 saturated carbocycles. The minimum absolute atomic E-state index is 0.0192. The Morgan fingerprint density at radius 1 is 1.08 bits per heavy atom. The van der Waals surface area contributed by atoms with Crippen LogP contribution in [0.25, 0.3) is 0 Å². The van der Waals surface area contributed by atoms with E-state index in [1.54, 1.807) is 0 Å². The predicted molar refractivity (Wildman–Crippen MR) is 93.2 cm³/mol. The molecule has 3 amide bonds. The Labute approximate surface area is 150 Å². The van der Waals surface area contributed by atoms with Crippen LogP contribution in [0.1, 0.15) is 12.8 Å². The molecular weight excluding hydrogens is 356 g/mol. The van der Waals surface area contributed by atoms with Crippen molar-refractivity contribution in [2.24, 2.45) is 0 Å². The topological polar surface area (TPSA) is 137 Å². The smallest absolute Gasteiger partial charge is 0.322 e. The van der Waals surface area contributed by atoms with Gasteiger partial charge in [-0.3, -0.25) is 19.2 Å². The monoisotopic (exact) mass is 378 g/mol. The molecule has 136 valence electrons. The highest BCUT2D eigenvalue weighted by Gasteiger charge is 2.28. The largest absolute Gasteiger partial charge is 0.480 e. The molecule has 0 aromatic heterocycles. The highest BCUT2D eigenvalue weighted by atomic mass is 32.1. The summed E-state index contributed by atoms with van der Waals surface area (Å²) in [5, 5.41) is 18.7. The van der Waals surface area contributed by atoms with Gasteiger partial charge < -0.3 is 26.4 Å². The fourth-order valence-electron chi connectivity index (χ4n) is 2.13. The third kappa shape index (κ3) is 6.57. The first kappa shape index (κ1) is 20.6. The molecule has 0 aromatic carbocycles. The van der Waals surface area contributed by atoms with Crippen LogP contribution < -0.4 is 21.3 Å². The molecule has 0 aromatic rings. The maximum absolute atomic E-state index is 12.2. The number of amides is 3. The average Bonchev–Trinajstić information content (AvgIpc) is 3.09. The number of carbonyl (C=O) groups is 4. The Hall–Kier alpha value is -1.46. The lowest BCUT2D eigenvalue weighted by molar-refractivity contribution is -0.138. The molecule has 1 rings (SSSR count). The second-order valence-corrected chi connectivity index (χ2v) is 5.98. The van der Waals surface area contributed by atoms with E-state index in [0.29, 0.717) is 6.42 Å². The molecule has 0 bridgehead atoms. The van der Waals surface area contributed by atoms with Crippen molar-refractivity contribution in [3.8, 4) is 0 Å². The van der Waals surface area contributed by atoms with Gasteiger partial charge in [-0.15, -0.1) is 0 Å². The molecule has 1 saturated heterocycles. The molecule has 3 unspecified atom stereocenters. The van der Waals surface area contributed by atoms with Crippen LogP contribution in [0.2, 0.25) is 0 Å². The Bertz CT molecular complexity index is 485. The van der Waals surface area contributed by atoms with E-state index in [-0.39, 0.29) is 23.5 Å². The fourth-order valence-corrected chi connectivity index (χ4v) is 2.64. The average molecular weight is 378 g/mol. The van der Waals surface area contributed by atoms with Crippen molar-refractivity contribution in [2.75, 3.05) is 24.6 Å². The van der Waals surface area contributed by atoms with Crippen molar-refractivity contribution in [3.05, 3.63) is 0 Å². The number of carboxylic acids is 1. The van der Waals surface area contributed by atoms with Crippen molar-refractivity contribution in [1.82, 2.24) is 21.3 Å². The first-order chi connectivity index (χ1) is 11.4. The van der Waals surface area contributed by atoms with Gasteiger partial charge in [-0.25, -0.2) is 0 Å². The van der Waals surface area contributed by atoms with E-state index >= 15 is 0 Å². The van der Waals surface area contributed by atoms with E-state index < -0.39 is 36.4 Å². The SMILES string of the molecule is O=C(O)CNC(=O)C(CS)NC(=O)C(CS)NC(=O)C1CCCN1. The summed E-state index contributed by atoms with van der Waals surface area (Å²) < 4.78 is 0. The highest BCUT2D eigenvalue weighted by molar-refractivity contribution is 7.80. The van der Waals surface area contributed by atoms with E-state index in [4.69, 9.17) is 5.11 Å². The number of nitrogens with one attached hydrogen (secondary N) is 4. The van der Waals surface area contributed by atoms with Gasteiger partial charge in [0.2, 0.25) is 17.7 Å². The maximum atomic E-state index is 12.2. The minimum Gasteiger partial charge on any atom is -0.480 e. The summed E-state index contributed by atoms with van der Waals surface area (Å²) in [7, 11) is 0. The zero-order valence-electron chi connectivity index (χ0n) is 12.9. The molecule has 1 fully saturated rings. The van der Waals surface area contributed by atoms with E-state index in [1.165, 1.54) is 0 Å². The molecule has 24 heavy (non-hydrogen) atoms. The lowest BCUT2D eigenvalue weighted by atomic mass is 10.2. The Kier molecular flexibility index (Phi) is 8.93. The second-order valence-electron chi connectivity index (χ2n) is 5.25. The summed E-state index contributed by atoms with van der Waals surface area (Å²) in [4.78, 5) is 46.5. The number of hydrogen-bond donors (Lipinski definition) is 7. The maximum Gasteiger partial charge on any atom is 0.322 e. The normalized spacial score (nSPS) is 19.2. The quantitative estimate of drug-likeness (QED) is 0.227. The Morgan fingerprint density at radius 2 is 1.71 bits per heavy atom. The zero-order chi connectivity index (χ0) is 18.1. The number of hydrogen-bond acceptors (Lipinski definition) is 7. The van der Waals surface area contributed by atoms with Gasteiger partial charge in [-0.2, -0.15) is 25.3 Å². The number of carbonyl (C=O) groups excluding carboxylic acids is 3. The summed E-state index contributed by atoms with van der Waals surface area (Å²) in [5.74, 6) is -2.70. The van der Waals surface area contributed by atoms with Crippen LogP contribution in [0.4, 0.5) is 0 Å². The van der Waals surface area contributed by atoms with E-state index in [0.717, 1.165) is 13.0 Å². The Morgan fingerprint density at radius 3 is 2.21 bits per heavy atom. The van der Waals surface area contributed by atoms with Crippen LogP contribution in [-0.2, 0) is 19.2 Å². The Balaban J connectivity index is 2.55. The van der Waals surface area contributed by atoms with Crippen molar-refractivity contribution in [2.45, 2.75) is 31.0 Å². The van der Waals surface area contributed by atoms with Gasteiger partial charge in [-0.1, -0.05) is 0 Å². The lowest BCUT2D eigenvalue weighted by Crippen LogP contribution is -2.57. The van der Waals surface area contributed by atoms with E-state index in [2.05, 4.69) is 46.5 Å². The third-order valence-corrected chi connectivity index (χ3v) is 4.15. The van der Waals surface area contributed by atoms with Crippen LogP contribution in [0.3, 0.4) is 0 Å². The van der Waals surface area contributed by atoms with Gasteiger partial charge in [0.1, 0.15) is 18.6 Å². The van der Waals surface area contributed by atoms with Gasteiger partial charge in [0.05, 0.1) is 6.04 Å². The molecule has 9 nitrogen and oxygen atoms in total. The van der Waals surface area contributed by atoms with Crippen molar-refractivity contribution >= 4 is 48.9 Å². The van der Waals surface area contributed by atoms with Gasteiger partial charge in [0.25, 0.3) is 0 Å².